The van der Waals surface area contributed by atoms with E-state index in [1.54, 1.807) is 19.1 Å². The highest BCUT2D eigenvalue weighted by Gasteiger charge is 2.19. The zero-order valence-electron chi connectivity index (χ0n) is 12.6. The molecule has 0 unspecified atom stereocenters. The summed E-state index contributed by atoms with van der Waals surface area (Å²) >= 11 is 0. The fraction of sp³-hybridized carbons (Fsp3) is 0.235. The second kappa shape index (κ2) is 7.36. The number of anilines is 2. The fourth-order valence-electron chi connectivity index (χ4n) is 2.12. The average Bonchev–Trinajstić information content (AvgIpc) is 3.02. The maximum absolute atomic E-state index is 12.0. The van der Waals surface area contributed by atoms with Crippen LogP contribution in [0.5, 0.6) is 0 Å². The van der Waals surface area contributed by atoms with Crippen LogP contribution in [0.2, 0.25) is 0 Å². The zero-order chi connectivity index (χ0) is 15.9. The van der Waals surface area contributed by atoms with E-state index in [1.807, 2.05) is 24.3 Å². The molecule has 2 N–H and O–H groups in total. The van der Waals surface area contributed by atoms with Gasteiger partial charge in [0.2, 0.25) is 5.88 Å². The van der Waals surface area contributed by atoms with Crippen molar-refractivity contribution in [2.75, 3.05) is 23.8 Å². The van der Waals surface area contributed by atoms with Crippen LogP contribution >= 0.6 is 0 Å². The summed E-state index contributed by atoms with van der Waals surface area (Å²) in [6.07, 6.45) is 1.64. The molecule has 2 rings (SSSR count). The van der Waals surface area contributed by atoms with Gasteiger partial charge < -0.3 is 14.9 Å². The predicted octanol–water partition coefficient (Wildman–Crippen LogP) is 3.93. The number of carbonyl (C=O) groups excluding carboxylic acids is 1. The van der Waals surface area contributed by atoms with Gasteiger partial charge in [0.15, 0.2) is 0 Å². The summed E-state index contributed by atoms with van der Waals surface area (Å²) in [6, 6.07) is 11.0. The molecule has 0 aliphatic rings. The van der Waals surface area contributed by atoms with Crippen molar-refractivity contribution in [2.45, 2.75) is 13.3 Å². The van der Waals surface area contributed by atoms with Gasteiger partial charge in [-0.2, -0.15) is 0 Å². The number of furan rings is 1. The maximum Gasteiger partial charge on any atom is 0.416 e. The lowest BCUT2D eigenvalue weighted by Gasteiger charge is -2.20. The lowest BCUT2D eigenvalue weighted by Crippen LogP contribution is -2.32. The molecule has 22 heavy (non-hydrogen) atoms. The van der Waals surface area contributed by atoms with Crippen molar-refractivity contribution in [3.8, 4) is 0 Å². The number of amides is 1. The van der Waals surface area contributed by atoms with E-state index in [0.717, 1.165) is 11.1 Å². The van der Waals surface area contributed by atoms with E-state index in [2.05, 4.69) is 6.58 Å². The van der Waals surface area contributed by atoms with Crippen LogP contribution in [0.25, 0.3) is 5.57 Å². The molecule has 0 fully saturated rings. The van der Waals surface area contributed by atoms with E-state index in [-0.39, 0.29) is 0 Å². The normalized spacial score (nSPS) is 10.2. The second-order valence-electron chi connectivity index (χ2n) is 4.74. The van der Waals surface area contributed by atoms with Crippen LogP contribution in [0, 0.1) is 0 Å². The Morgan fingerprint density at radius 1 is 1.32 bits per heavy atom. The Labute approximate surface area is 130 Å². The van der Waals surface area contributed by atoms with Gasteiger partial charge in [-0.15, -0.1) is 0 Å². The fourth-order valence-corrected chi connectivity index (χ4v) is 2.12. The monoisotopic (exact) mass is 300 g/mol. The van der Waals surface area contributed by atoms with Crippen LogP contribution < -0.4 is 10.6 Å². The Morgan fingerprint density at radius 2 is 2.09 bits per heavy atom. The number of rotatable bonds is 6. The van der Waals surface area contributed by atoms with Crippen LogP contribution in [0.3, 0.4) is 0 Å². The van der Waals surface area contributed by atoms with Crippen molar-refractivity contribution in [3.05, 3.63) is 54.8 Å². The Balaban J connectivity index is 2.07. The van der Waals surface area contributed by atoms with E-state index in [1.165, 1.54) is 11.2 Å². The zero-order valence-corrected chi connectivity index (χ0v) is 12.6. The van der Waals surface area contributed by atoms with E-state index < -0.39 is 6.09 Å². The molecular formula is C17H20N2O3. The van der Waals surface area contributed by atoms with Gasteiger partial charge in [-0.1, -0.05) is 24.8 Å². The molecule has 0 saturated heterocycles. The van der Waals surface area contributed by atoms with Gasteiger partial charge in [-0.3, -0.25) is 0 Å². The van der Waals surface area contributed by atoms with Crippen molar-refractivity contribution in [2.24, 2.45) is 0 Å². The Hall–Kier alpha value is -2.69. The molecule has 1 heterocycles. The topological polar surface area (TPSA) is 68.7 Å². The number of para-hydroxylation sites is 1. The minimum absolute atomic E-state index is 0.308. The number of hydrogen-bond donors (Lipinski definition) is 1. The number of nitrogens with zero attached hydrogens (tertiary/aromatic N) is 1. The first-order valence-electron chi connectivity index (χ1n) is 7.14. The minimum atomic E-state index is -0.439. The van der Waals surface area contributed by atoms with Gasteiger partial charge in [0.05, 0.1) is 12.9 Å². The van der Waals surface area contributed by atoms with Crippen LogP contribution in [0.4, 0.5) is 16.4 Å². The first kappa shape index (κ1) is 15.7. The third kappa shape index (κ3) is 3.69. The summed E-state index contributed by atoms with van der Waals surface area (Å²) in [6.45, 7) is 6.53. The van der Waals surface area contributed by atoms with Crippen LogP contribution in [0.15, 0.2) is 53.7 Å². The van der Waals surface area contributed by atoms with Gasteiger partial charge >= 0.3 is 6.09 Å². The number of benzene rings is 1. The first-order valence-corrected chi connectivity index (χ1v) is 7.14. The van der Waals surface area contributed by atoms with Crippen molar-refractivity contribution < 1.29 is 13.9 Å². The first-order chi connectivity index (χ1) is 10.6. The van der Waals surface area contributed by atoms with E-state index in [9.17, 15) is 4.79 Å². The molecule has 0 aliphatic carbocycles. The number of nitrogens with two attached hydrogens (primary N) is 1. The molecule has 1 aromatic heterocycles. The average molecular weight is 300 g/mol. The van der Waals surface area contributed by atoms with Gasteiger partial charge in [0.1, 0.15) is 0 Å². The van der Waals surface area contributed by atoms with E-state index >= 15 is 0 Å². The van der Waals surface area contributed by atoms with Gasteiger partial charge in [0.25, 0.3) is 0 Å². The molecule has 0 aliphatic heterocycles. The number of nitrogen functional groups attached to an aromatic ring is 1. The smallest absolute Gasteiger partial charge is 0.416 e. The molecule has 2 aromatic rings. The Kier molecular flexibility index (Phi) is 5.25. The van der Waals surface area contributed by atoms with Crippen molar-refractivity contribution in [3.63, 3.8) is 0 Å². The highest BCUT2D eigenvalue weighted by Crippen LogP contribution is 2.24. The van der Waals surface area contributed by atoms with Crippen molar-refractivity contribution >= 4 is 23.2 Å². The van der Waals surface area contributed by atoms with Crippen LogP contribution in [-0.2, 0) is 4.74 Å². The summed E-state index contributed by atoms with van der Waals surface area (Å²) in [7, 11) is 0. The molecule has 1 amide bonds. The number of hydrogen-bond acceptors (Lipinski definition) is 4. The van der Waals surface area contributed by atoms with Gasteiger partial charge in [-0.05, 0) is 31.1 Å². The van der Waals surface area contributed by atoms with E-state index in [4.69, 9.17) is 14.9 Å². The van der Waals surface area contributed by atoms with Gasteiger partial charge in [-0.25, -0.2) is 9.69 Å². The third-order valence-corrected chi connectivity index (χ3v) is 3.24. The molecule has 5 heteroatoms. The highest BCUT2D eigenvalue weighted by molar-refractivity contribution is 5.86. The molecule has 0 bridgehead atoms. The molecule has 116 valence electrons. The minimum Gasteiger partial charge on any atom is -0.449 e. The summed E-state index contributed by atoms with van der Waals surface area (Å²) in [5, 5.41) is 0. The lowest BCUT2D eigenvalue weighted by molar-refractivity contribution is 0.158. The maximum atomic E-state index is 12.0. The number of ether oxygens (including phenoxy) is 1. The summed E-state index contributed by atoms with van der Waals surface area (Å²) in [4.78, 5) is 13.5. The van der Waals surface area contributed by atoms with Crippen LogP contribution in [-0.4, -0.2) is 19.2 Å². The molecule has 0 atom stereocenters. The Morgan fingerprint density at radius 3 is 2.73 bits per heavy atom. The van der Waals surface area contributed by atoms with Crippen molar-refractivity contribution in [1.29, 1.82) is 0 Å². The molecular weight excluding hydrogens is 280 g/mol. The van der Waals surface area contributed by atoms with Crippen LogP contribution in [0.1, 0.15) is 18.9 Å². The largest absolute Gasteiger partial charge is 0.449 e. The molecule has 1 aromatic carbocycles. The van der Waals surface area contributed by atoms with Crippen molar-refractivity contribution in [1.82, 2.24) is 0 Å². The summed E-state index contributed by atoms with van der Waals surface area (Å²) in [5.41, 5.74) is 8.37. The Bertz CT molecular complexity index is 635. The summed E-state index contributed by atoms with van der Waals surface area (Å²) < 4.78 is 10.4. The van der Waals surface area contributed by atoms with Gasteiger partial charge in [0, 0.05) is 23.9 Å². The quantitative estimate of drug-likeness (QED) is 0.821. The molecule has 5 nitrogen and oxygen atoms in total. The SMILES string of the molecule is C=C(CCN(C(=O)OCC)c1ccco1)c1ccccc1N. The summed E-state index contributed by atoms with van der Waals surface area (Å²) in [5.74, 6) is 0.451. The standard InChI is InChI=1S/C17H20N2O3/c1-3-21-17(20)19(16-9-6-12-22-16)11-10-13(2)14-7-4-5-8-15(14)18/h4-9,12H,2-3,10-11,18H2,1H3. The molecule has 0 spiro atoms. The highest BCUT2D eigenvalue weighted by atomic mass is 16.6. The second-order valence-corrected chi connectivity index (χ2v) is 4.74. The predicted molar refractivity (Wildman–Crippen MR) is 87.6 cm³/mol. The molecule has 0 saturated carbocycles. The third-order valence-electron chi connectivity index (χ3n) is 3.24. The molecule has 0 radical (unpaired) electrons. The van der Waals surface area contributed by atoms with E-state index in [0.29, 0.717) is 31.1 Å². The lowest BCUT2D eigenvalue weighted by atomic mass is 10.0. The number of carbonyl (C=O) groups is 1.